The van der Waals surface area contributed by atoms with E-state index in [1.54, 1.807) is 24.0 Å². The largest absolute Gasteiger partial charge is 0.336 e. The lowest BCUT2D eigenvalue weighted by Crippen LogP contribution is -2.45. The summed E-state index contributed by atoms with van der Waals surface area (Å²) in [5.74, 6) is -0.641. The van der Waals surface area contributed by atoms with Crippen molar-refractivity contribution in [3.05, 3.63) is 69.7 Å². The summed E-state index contributed by atoms with van der Waals surface area (Å²) >= 11 is 3.39. The molecule has 0 spiro atoms. The molecular weight excluding hydrogens is 422 g/mol. The van der Waals surface area contributed by atoms with E-state index in [4.69, 9.17) is 0 Å². The average Bonchev–Trinajstić information content (AvgIpc) is 2.91. The summed E-state index contributed by atoms with van der Waals surface area (Å²) in [6.07, 6.45) is 0.776. The van der Waals surface area contributed by atoms with Crippen molar-refractivity contribution in [2.24, 2.45) is 0 Å². The minimum absolute atomic E-state index is 0.225. The summed E-state index contributed by atoms with van der Waals surface area (Å²) in [5.41, 5.74) is 1.83. The number of benzene rings is 2. The van der Waals surface area contributed by atoms with Crippen LogP contribution >= 0.6 is 15.9 Å². The van der Waals surface area contributed by atoms with Crippen molar-refractivity contribution < 1.29 is 14.4 Å². The van der Waals surface area contributed by atoms with Gasteiger partial charge in [0.2, 0.25) is 5.91 Å². The first-order valence-corrected chi connectivity index (χ1v) is 9.92. The van der Waals surface area contributed by atoms with E-state index in [-0.39, 0.29) is 12.5 Å². The third kappa shape index (κ3) is 3.20. The lowest BCUT2D eigenvalue weighted by molar-refractivity contribution is -0.139. The highest BCUT2D eigenvalue weighted by molar-refractivity contribution is 9.10. The molecule has 0 aromatic heterocycles. The van der Waals surface area contributed by atoms with Gasteiger partial charge in [0, 0.05) is 17.6 Å². The van der Waals surface area contributed by atoms with Crippen LogP contribution in [-0.4, -0.2) is 40.7 Å². The number of hydrogen-bond donors (Lipinski definition) is 1. The van der Waals surface area contributed by atoms with E-state index in [9.17, 15) is 14.4 Å². The molecule has 7 heteroatoms. The van der Waals surface area contributed by atoms with Crippen LogP contribution in [0.1, 0.15) is 23.6 Å². The molecule has 28 heavy (non-hydrogen) atoms. The van der Waals surface area contributed by atoms with Crippen molar-refractivity contribution in [1.82, 2.24) is 15.1 Å². The summed E-state index contributed by atoms with van der Waals surface area (Å²) < 4.78 is 0.815. The molecule has 0 radical (unpaired) electrons. The molecule has 0 unspecified atom stereocenters. The van der Waals surface area contributed by atoms with Crippen LogP contribution in [0.2, 0.25) is 0 Å². The number of halogens is 1. The molecule has 6 nitrogen and oxygen atoms in total. The summed E-state index contributed by atoms with van der Waals surface area (Å²) in [6, 6.07) is 14.7. The summed E-state index contributed by atoms with van der Waals surface area (Å²) in [5, 5.41) is 2.74. The van der Waals surface area contributed by atoms with Gasteiger partial charge in [0.25, 0.3) is 5.91 Å². The van der Waals surface area contributed by atoms with E-state index >= 15 is 0 Å². The van der Waals surface area contributed by atoms with E-state index in [0.29, 0.717) is 18.7 Å². The molecule has 2 aliphatic heterocycles. The van der Waals surface area contributed by atoms with Gasteiger partial charge in [-0.05, 0) is 42.2 Å². The predicted molar refractivity (Wildman–Crippen MR) is 107 cm³/mol. The van der Waals surface area contributed by atoms with Crippen molar-refractivity contribution >= 4 is 33.8 Å². The fourth-order valence-electron chi connectivity index (χ4n) is 3.78. The van der Waals surface area contributed by atoms with Crippen LogP contribution in [0.4, 0.5) is 4.79 Å². The van der Waals surface area contributed by atoms with Crippen LogP contribution in [0.25, 0.3) is 0 Å². The maximum atomic E-state index is 13.0. The maximum Gasteiger partial charge on any atom is 0.325 e. The standard InChI is InChI=1S/C21H20BrN3O3/c1-21(16-7-4-8-17(22)11-16)19(27)25(20(28)23-21)13-18(26)24-10-9-14-5-2-3-6-15(14)12-24/h2-8,11H,9-10,12-13H2,1H3,(H,23,28)/t21-/m0/s1. The van der Waals surface area contributed by atoms with Gasteiger partial charge in [0.05, 0.1) is 0 Å². The molecule has 1 atom stereocenters. The highest BCUT2D eigenvalue weighted by Gasteiger charge is 2.49. The monoisotopic (exact) mass is 441 g/mol. The molecule has 2 aromatic carbocycles. The van der Waals surface area contributed by atoms with Gasteiger partial charge in [0.15, 0.2) is 0 Å². The Morgan fingerprint density at radius 2 is 1.89 bits per heavy atom. The van der Waals surface area contributed by atoms with Crippen molar-refractivity contribution in [2.45, 2.75) is 25.4 Å². The van der Waals surface area contributed by atoms with Gasteiger partial charge in [-0.25, -0.2) is 4.79 Å². The van der Waals surface area contributed by atoms with E-state index < -0.39 is 17.5 Å². The summed E-state index contributed by atoms with van der Waals surface area (Å²) in [4.78, 5) is 41.0. The normalized spacial score (nSPS) is 21.5. The van der Waals surface area contributed by atoms with E-state index in [1.807, 2.05) is 30.3 Å². The van der Waals surface area contributed by atoms with Gasteiger partial charge in [-0.15, -0.1) is 0 Å². The molecule has 144 valence electrons. The number of carbonyl (C=O) groups excluding carboxylic acids is 3. The van der Waals surface area contributed by atoms with Gasteiger partial charge in [-0.1, -0.05) is 52.3 Å². The lowest BCUT2D eigenvalue weighted by Gasteiger charge is -2.30. The van der Waals surface area contributed by atoms with E-state index in [1.165, 1.54) is 5.56 Å². The average molecular weight is 442 g/mol. The van der Waals surface area contributed by atoms with E-state index in [2.05, 4.69) is 27.3 Å². The van der Waals surface area contributed by atoms with Crippen molar-refractivity contribution in [3.8, 4) is 0 Å². The Bertz CT molecular complexity index is 977. The smallest absolute Gasteiger partial charge is 0.325 e. The summed E-state index contributed by atoms with van der Waals surface area (Å²) in [7, 11) is 0. The third-order valence-electron chi connectivity index (χ3n) is 5.45. The SMILES string of the molecule is C[C@@]1(c2cccc(Br)c2)NC(=O)N(CC(=O)N2CCc3ccccc3C2)C1=O. The predicted octanol–water partition coefficient (Wildman–Crippen LogP) is 2.80. The number of carbonyl (C=O) groups is 3. The number of urea groups is 1. The molecular formula is C21H20BrN3O3. The number of hydrogen-bond acceptors (Lipinski definition) is 3. The first kappa shape index (κ1) is 18.7. The highest BCUT2D eigenvalue weighted by atomic mass is 79.9. The maximum absolute atomic E-state index is 13.0. The molecule has 2 aromatic rings. The zero-order valence-electron chi connectivity index (χ0n) is 15.4. The topological polar surface area (TPSA) is 69.7 Å². The number of nitrogens with one attached hydrogen (secondary N) is 1. The molecule has 0 bridgehead atoms. The molecule has 1 saturated heterocycles. The van der Waals surface area contributed by atoms with Gasteiger partial charge in [-0.3, -0.25) is 14.5 Å². The zero-order valence-corrected chi connectivity index (χ0v) is 17.0. The number of imide groups is 1. The van der Waals surface area contributed by atoms with Crippen LogP contribution in [-0.2, 0) is 28.1 Å². The Hall–Kier alpha value is -2.67. The Labute approximate surface area is 171 Å². The van der Waals surface area contributed by atoms with Crippen LogP contribution in [0.5, 0.6) is 0 Å². The molecule has 4 amide bonds. The second-order valence-electron chi connectivity index (χ2n) is 7.29. The fraction of sp³-hybridized carbons (Fsp3) is 0.286. The number of nitrogens with zero attached hydrogens (tertiary/aromatic N) is 2. The number of fused-ring (bicyclic) bond motifs is 1. The first-order chi connectivity index (χ1) is 13.4. The fourth-order valence-corrected chi connectivity index (χ4v) is 4.18. The molecule has 0 aliphatic carbocycles. The first-order valence-electron chi connectivity index (χ1n) is 9.13. The zero-order chi connectivity index (χ0) is 19.9. The Morgan fingerprint density at radius 3 is 2.64 bits per heavy atom. The van der Waals surface area contributed by atoms with Gasteiger partial charge in [0.1, 0.15) is 12.1 Å². The highest BCUT2D eigenvalue weighted by Crippen LogP contribution is 2.30. The Morgan fingerprint density at radius 1 is 1.14 bits per heavy atom. The van der Waals surface area contributed by atoms with Gasteiger partial charge >= 0.3 is 6.03 Å². The van der Waals surface area contributed by atoms with Gasteiger partial charge < -0.3 is 10.2 Å². The second kappa shape index (κ2) is 7.05. The van der Waals surface area contributed by atoms with Crippen LogP contribution in [0.3, 0.4) is 0 Å². The molecule has 1 N–H and O–H groups in total. The number of amides is 4. The molecule has 2 heterocycles. The Kier molecular flexibility index (Phi) is 4.71. The van der Waals surface area contributed by atoms with Crippen molar-refractivity contribution in [3.63, 3.8) is 0 Å². The minimum Gasteiger partial charge on any atom is -0.336 e. The Balaban J connectivity index is 1.50. The van der Waals surface area contributed by atoms with Crippen molar-refractivity contribution in [2.75, 3.05) is 13.1 Å². The van der Waals surface area contributed by atoms with Gasteiger partial charge in [-0.2, -0.15) is 0 Å². The van der Waals surface area contributed by atoms with Crippen molar-refractivity contribution in [1.29, 1.82) is 0 Å². The molecule has 2 aliphatic rings. The molecule has 0 saturated carbocycles. The second-order valence-corrected chi connectivity index (χ2v) is 8.21. The molecule has 1 fully saturated rings. The lowest BCUT2D eigenvalue weighted by atomic mass is 9.92. The van der Waals surface area contributed by atoms with Crippen LogP contribution < -0.4 is 5.32 Å². The quantitative estimate of drug-likeness (QED) is 0.744. The third-order valence-corrected chi connectivity index (χ3v) is 5.95. The molecule has 4 rings (SSSR count). The summed E-state index contributed by atoms with van der Waals surface area (Å²) in [6.45, 7) is 2.50. The van der Waals surface area contributed by atoms with E-state index in [0.717, 1.165) is 21.4 Å². The van der Waals surface area contributed by atoms with Crippen LogP contribution in [0, 0.1) is 0 Å². The minimum atomic E-state index is -1.18. The number of rotatable bonds is 3. The van der Waals surface area contributed by atoms with Crippen LogP contribution in [0.15, 0.2) is 53.0 Å².